The number of nitrogens with zero attached hydrogens (tertiary/aromatic N) is 1. The maximum Gasteiger partial charge on any atom is 0.258 e. The van der Waals surface area contributed by atoms with Gasteiger partial charge in [0.25, 0.3) is 10.0 Å². The van der Waals surface area contributed by atoms with Gasteiger partial charge in [-0.1, -0.05) is 13.0 Å². The molecule has 3 rings (SSSR count). The van der Waals surface area contributed by atoms with Crippen LogP contribution in [-0.4, -0.2) is 25.0 Å². The van der Waals surface area contributed by atoms with E-state index in [1.807, 2.05) is 13.0 Å². The fraction of sp³-hybridized carbons (Fsp3) is 0.667. The lowest BCUT2D eigenvalue weighted by Crippen LogP contribution is -2.52. The average molecular weight is 309 g/mol. The molecular formula is C15H23N3O2S. The topological polar surface area (TPSA) is 71.1 Å². The number of pyridine rings is 1. The summed E-state index contributed by atoms with van der Waals surface area (Å²) in [4.78, 5) is 4.14. The minimum atomic E-state index is -3.51. The fourth-order valence-electron chi connectivity index (χ4n) is 2.69. The molecule has 5 nitrogen and oxygen atoms in total. The van der Waals surface area contributed by atoms with E-state index in [9.17, 15) is 8.42 Å². The third-order valence-corrected chi connectivity index (χ3v) is 6.08. The van der Waals surface area contributed by atoms with Crippen molar-refractivity contribution in [1.29, 1.82) is 0 Å². The van der Waals surface area contributed by atoms with Crippen molar-refractivity contribution in [3.8, 4) is 0 Å². The largest absolute Gasteiger partial charge is 0.310 e. The van der Waals surface area contributed by atoms with Gasteiger partial charge in [0.2, 0.25) is 0 Å². The molecule has 2 fully saturated rings. The minimum absolute atomic E-state index is 0.123. The van der Waals surface area contributed by atoms with E-state index in [1.54, 1.807) is 12.3 Å². The van der Waals surface area contributed by atoms with Crippen LogP contribution < -0.4 is 10.0 Å². The van der Waals surface area contributed by atoms with Gasteiger partial charge >= 0.3 is 0 Å². The van der Waals surface area contributed by atoms with Crippen LogP contribution in [-0.2, 0) is 16.6 Å². The van der Waals surface area contributed by atoms with Crippen LogP contribution in [0.5, 0.6) is 0 Å². The fourth-order valence-corrected chi connectivity index (χ4v) is 4.15. The molecule has 0 unspecified atom stereocenters. The van der Waals surface area contributed by atoms with Crippen LogP contribution in [0.3, 0.4) is 0 Å². The summed E-state index contributed by atoms with van der Waals surface area (Å²) in [6, 6.07) is 4.09. The molecule has 0 atom stereocenters. The van der Waals surface area contributed by atoms with Crippen molar-refractivity contribution in [3.63, 3.8) is 0 Å². The molecule has 0 amide bonds. The number of aromatic nitrogens is 1. The van der Waals surface area contributed by atoms with Gasteiger partial charge in [0.15, 0.2) is 5.03 Å². The smallest absolute Gasteiger partial charge is 0.258 e. The number of hydrogen-bond donors (Lipinski definition) is 2. The first kappa shape index (κ1) is 14.9. The van der Waals surface area contributed by atoms with Crippen molar-refractivity contribution in [2.45, 2.75) is 68.6 Å². The summed E-state index contributed by atoms with van der Waals surface area (Å²) in [7, 11) is -3.51. The normalized spacial score (nSPS) is 21.0. The monoisotopic (exact) mass is 309 g/mol. The predicted molar refractivity (Wildman–Crippen MR) is 81.3 cm³/mol. The van der Waals surface area contributed by atoms with Crippen LogP contribution in [0.25, 0.3) is 0 Å². The molecular weight excluding hydrogens is 286 g/mol. The maximum atomic E-state index is 12.4. The predicted octanol–water partition coefficient (Wildman–Crippen LogP) is 1.94. The first-order valence-corrected chi connectivity index (χ1v) is 9.24. The van der Waals surface area contributed by atoms with Crippen LogP contribution in [0.4, 0.5) is 0 Å². The van der Waals surface area contributed by atoms with E-state index < -0.39 is 10.0 Å². The van der Waals surface area contributed by atoms with Crippen LogP contribution in [0.1, 0.15) is 51.0 Å². The molecule has 21 heavy (non-hydrogen) atoms. The standard InChI is InChI=1S/C15H23N3O2S/c1-2-15(8-3-9-15)18-21(19,20)14-7-4-12(11-17-14)10-16-13-5-6-13/h4,7,11,13,16,18H,2-3,5-6,8-10H2,1H3. The molecule has 2 N–H and O–H groups in total. The molecule has 116 valence electrons. The van der Waals surface area contributed by atoms with Crippen LogP contribution in [0.2, 0.25) is 0 Å². The van der Waals surface area contributed by atoms with E-state index in [0.29, 0.717) is 6.04 Å². The first-order valence-electron chi connectivity index (χ1n) is 7.75. The summed E-state index contributed by atoms with van der Waals surface area (Å²) < 4.78 is 27.6. The van der Waals surface area contributed by atoms with E-state index in [-0.39, 0.29) is 10.6 Å². The molecule has 1 aromatic heterocycles. The molecule has 1 aromatic rings. The molecule has 0 spiro atoms. The van der Waals surface area contributed by atoms with Gasteiger partial charge in [0.05, 0.1) is 0 Å². The zero-order valence-electron chi connectivity index (χ0n) is 12.4. The number of sulfonamides is 1. The van der Waals surface area contributed by atoms with Gasteiger partial charge in [-0.25, -0.2) is 18.1 Å². The number of hydrogen-bond acceptors (Lipinski definition) is 4. The van der Waals surface area contributed by atoms with Crippen molar-refractivity contribution >= 4 is 10.0 Å². The van der Waals surface area contributed by atoms with Crippen molar-refractivity contribution in [2.75, 3.05) is 0 Å². The summed E-state index contributed by atoms with van der Waals surface area (Å²) >= 11 is 0. The zero-order chi connectivity index (χ0) is 14.9. The van der Waals surface area contributed by atoms with Crippen LogP contribution >= 0.6 is 0 Å². The molecule has 1 heterocycles. The highest BCUT2D eigenvalue weighted by Crippen LogP contribution is 2.35. The van der Waals surface area contributed by atoms with Gasteiger partial charge in [-0.2, -0.15) is 0 Å². The summed E-state index contributed by atoms with van der Waals surface area (Å²) in [5.41, 5.74) is 0.780. The van der Waals surface area contributed by atoms with Crippen LogP contribution in [0.15, 0.2) is 23.4 Å². The van der Waals surface area contributed by atoms with E-state index in [0.717, 1.165) is 37.8 Å². The Kier molecular flexibility index (Phi) is 4.03. The van der Waals surface area contributed by atoms with Crippen molar-refractivity contribution < 1.29 is 8.42 Å². The van der Waals surface area contributed by atoms with Crippen molar-refractivity contribution in [1.82, 2.24) is 15.0 Å². The van der Waals surface area contributed by atoms with E-state index in [2.05, 4.69) is 15.0 Å². The van der Waals surface area contributed by atoms with Gasteiger partial charge in [-0.15, -0.1) is 0 Å². The Bertz CT molecular complexity index is 584. The van der Waals surface area contributed by atoms with Gasteiger partial charge in [-0.3, -0.25) is 0 Å². The van der Waals surface area contributed by atoms with Gasteiger partial charge in [0, 0.05) is 24.3 Å². The Morgan fingerprint density at radius 2 is 2.10 bits per heavy atom. The summed E-state index contributed by atoms with van der Waals surface area (Å²) in [6.45, 7) is 2.78. The molecule has 2 aliphatic rings. The highest BCUT2D eigenvalue weighted by Gasteiger charge is 2.39. The van der Waals surface area contributed by atoms with E-state index >= 15 is 0 Å². The third kappa shape index (κ3) is 3.44. The van der Waals surface area contributed by atoms with Gasteiger partial charge in [0.1, 0.15) is 0 Å². The molecule has 6 heteroatoms. The second kappa shape index (κ2) is 5.66. The minimum Gasteiger partial charge on any atom is -0.310 e. The summed E-state index contributed by atoms with van der Waals surface area (Å²) in [5, 5.41) is 3.51. The summed E-state index contributed by atoms with van der Waals surface area (Å²) in [6.07, 6.45) is 7.90. The molecule has 2 aliphatic carbocycles. The van der Waals surface area contributed by atoms with Crippen molar-refractivity contribution in [2.24, 2.45) is 0 Å². The average Bonchev–Trinajstić information content (AvgIpc) is 3.25. The number of rotatable bonds is 7. The molecule has 0 saturated heterocycles. The number of nitrogens with one attached hydrogen (secondary N) is 2. The highest BCUT2D eigenvalue weighted by atomic mass is 32.2. The summed E-state index contributed by atoms with van der Waals surface area (Å²) in [5.74, 6) is 0. The second-order valence-electron chi connectivity index (χ2n) is 6.25. The Balaban J connectivity index is 1.66. The lowest BCUT2D eigenvalue weighted by Gasteiger charge is -2.41. The lowest BCUT2D eigenvalue weighted by atomic mass is 9.76. The lowest BCUT2D eigenvalue weighted by molar-refractivity contribution is 0.213. The van der Waals surface area contributed by atoms with Gasteiger partial charge in [-0.05, 0) is 50.2 Å². The molecule has 0 radical (unpaired) electrons. The zero-order valence-corrected chi connectivity index (χ0v) is 13.2. The molecule has 0 bridgehead atoms. The SMILES string of the molecule is CCC1(NS(=O)(=O)c2ccc(CNC3CC3)cn2)CCC1. The molecule has 0 aliphatic heterocycles. The van der Waals surface area contributed by atoms with Gasteiger partial charge < -0.3 is 5.32 Å². The Morgan fingerprint density at radius 1 is 1.33 bits per heavy atom. The third-order valence-electron chi connectivity index (χ3n) is 4.58. The Morgan fingerprint density at radius 3 is 2.57 bits per heavy atom. The highest BCUT2D eigenvalue weighted by molar-refractivity contribution is 7.89. The second-order valence-corrected chi connectivity index (χ2v) is 7.88. The molecule has 2 saturated carbocycles. The Labute approximate surface area is 126 Å². The Hall–Kier alpha value is -0.980. The maximum absolute atomic E-state index is 12.4. The quantitative estimate of drug-likeness (QED) is 0.807. The molecule has 0 aromatic carbocycles. The van der Waals surface area contributed by atoms with E-state index in [1.165, 1.54) is 12.8 Å². The van der Waals surface area contributed by atoms with E-state index in [4.69, 9.17) is 0 Å². The van der Waals surface area contributed by atoms with Crippen molar-refractivity contribution in [3.05, 3.63) is 23.9 Å². The van der Waals surface area contributed by atoms with Crippen LogP contribution in [0, 0.1) is 0 Å². The first-order chi connectivity index (χ1) is 10.0.